The van der Waals surface area contributed by atoms with Crippen LogP contribution in [0.1, 0.15) is 39.4 Å². The van der Waals surface area contributed by atoms with E-state index in [0.717, 1.165) is 11.1 Å². The number of carbonyl (C=O) groups excluding carboxylic acids is 2. The van der Waals surface area contributed by atoms with Crippen molar-refractivity contribution < 1.29 is 14.0 Å². The summed E-state index contributed by atoms with van der Waals surface area (Å²) in [6, 6.07) is 15.2. The number of pyridine rings is 1. The third-order valence-corrected chi connectivity index (χ3v) is 4.62. The van der Waals surface area contributed by atoms with Gasteiger partial charge in [-0.15, -0.1) is 0 Å². The lowest BCUT2D eigenvalue weighted by Crippen LogP contribution is -2.35. The maximum atomic E-state index is 13.1. The number of hydrogen-bond acceptors (Lipinski definition) is 4. The smallest absolute Gasteiger partial charge is 0.257 e. The van der Waals surface area contributed by atoms with E-state index in [1.54, 1.807) is 30.3 Å². The van der Waals surface area contributed by atoms with Gasteiger partial charge in [0.25, 0.3) is 5.91 Å². The number of hydrogen-bond donors (Lipinski definition) is 1. The monoisotopic (exact) mass is 391 g/mol. The van der Waals surface area contributed by atoms with Gasteiger partial charge in [-0.1, -0.05) is 30.3 Å². The number of rotatable bonds is 8. The molecule has 0 radical (unpaired) electrons. The van der Waals surface area contributed by atoms with E-state index in [1.807, 2.05) is 49.4 Å². The van der Waals surface area contributed by atoms with Crippen molar-refractivity contribution in [2.45, 2.75) is 33.4 Å². The highest BCUT2D eigenvalue weighted by Gasteiger charge is 2.21. The molecule has 3 rings (SSSR count). The second-order valence-corrected chi connectivity index (χ2v) is 6.92. The Hall–Kier alpha value is -3.41. The lowest BCUT2D eigenvalue weighted by atomic mass is 10.1. The van der Waals surface area contributed by atoms with E-state index in [9.17, 15) is 9.59 Å². The molecule has 150 valence electrons. The van der Waals surface area contributed by atoms with Crippen molar-refractivity contribution in [3.8, 4) is 0 Å². The molecule has 3 aromatic rings. The highest BCUT2D eigenvalue weighted by Crippen LogP contribution is 2.18. The van der Waals surface area contributed by atoms with Crippen molar-refractivity contribution in [3.63, 3.8) is 0 Å². The normalized spacial score (nSPS) is 10.6. The first-order valence-electron chi connectivity index (χ1n) is 9.59. The molecule has 0 aliphatic heterocycles. The van der Waals surface area contributed by atoms with Crippen LogP contribution >= 0.6 is 0 Å². The third-order valence-electron chi connectivity index (χ3n) is 4.62. The first-order valence-corrected chi connectivity index (χ1v) is 9.59. The molecule has 2 aromatic heterocycles. The van der Waals surface area contributed by atoms with Crippen molar-refractivity contribution in [3.05, 3.63) is 89.1 Å². The molecule has 1 aromatic carbocycles. The SMILES string of the molecule is Cc1cc(C(=O)N(CCC(=O)NCc2ccncc2)Cc2ccccc2)c(C)o1. The van der Waals surface area contributed by atoms with Crippen molar-refractivity contribution >= 4 is 11.8 Å². The fourth-order valence-corrected chi connectivity index (χ4v) is 3.10. The predicted molar refractivity (Wildman–Crippen MR) is 110 cm³/mol. The summed E-state index contributed by atoms with van der Waals surface area (Å²) >= 11 is 0. The van der Waals surface area contributed by atoms with Crippen LogP contribution in [-0.2, 0) is 17.9 Å². The summed E-state index contributed by atoms with van der Waals surface area (Å²) in [6.07, 6.45) is 3.60. The fourth-order valence-electron chi connectivity index (χ4n) is 3.10. The number of nitrogens with one attached hydrogen (secondary N) is 1. The number of aromatic nitrogens is 1. The number of amides is 2. The van der Waals surface area contributed by atoms with E-state index < -0.39 is 0 Å². The molecule has 6 nitrogen and oxygen atoms in total. The Morgan fingerprint density at radius 2 is 1.76 bits per heavy atom. The average Bonchev–Trinajstić information content (AvgIpc) is 3.08. The second-order valence-electron chi connectivity index (χ2n) is 6.92. The summed E-state index contributed by atoms with van der Waals surface area (Å²) in [7, 11) is 0. The van der Waals surface area contributed by atoms with Gasteiger partial charge in [0.05, 0.1) is 5.56 Å². The quantitative estimate of drug-likeness (QED) is 0.636. The van der Waals surface area contributed by atoms with Crippen molar-refractivity contribution in [1.82, 2.24) is 15.2 Å². The number of nitrogens with zero attached hydrogens (tertiary/aromatic N) is 2. The molecule has 0 unspecified atom stereocenters. The minimum absolute atomic E-state index is 0.104. The van der Waals surface area contributed by atoms with E-state index in [0.29, 0.717) is 36.7 Å². The molecule has 0 saturated carbocycles. The van der Waals surface area contributed by atoms with E-state index in [4.69, 9.17) is 4.42 Å². The molecular weight excluding hydrogens is 366 g/mol. The predicted octanol–water partition coefficient (Wildman–Crippen LogP) is 3.64. The summed E-state index contributed by atoms with van der Waals surface area (Å²) in [5, 5.41) is 2.89. The van der Waals surface area contributed by atoms with Gasteiger partial charge in [-0.2, -0.15) is 0 Å². The number of furan rings is 1. The van der Waals surface area contributed by atoms with Crippen LogP contribution in [0.15, 0.2) is 65.3 Å². The van der Waals surface area contributed by atoms with Crippen LogP contribution in [0.25, 0.3) is 0 Å². The fraction of sp³-hybridized carbons (Fsp3) is 0.261. The summed E-state index contributed by atoms with van der Waals surface area (Å²) in [4.78, 5) is 31.1. The molecule has 6 heteroatoms. The van der Waals surface area contributed by atoms with Gasteiger partial charge in [0, 0.05) is 38.4 Å². The van der Waals surface area contributed by atoms with E-state index in [1.165, 1.54) is 0 Å². The zero-order chi connectivity index (χ0) is 20.6. The Labute approximate surface area is 170 Å². The summed E-state index contributed by atoms with van der Waals surface area (Å²) < 4.78 is 5.52. The van der Waals surface area contributed by atoms with Gasteiger partial charge in [0.15, 0.2) is 0 Å². The Balaban J connectivity index is 1.65. The first kappa shape index (κ1) is 20.3. The molecule has 0 aliphatic carbocycles. The Kier molecular flexibility index (Phi) is 6.79. The van der Waals surface area contributed by atoms with Gasteiger partial charge in [0.1, 0.15) is 11.5 Å². The van der Waals surface area contributed by atoms with Crippen LogP contribution in [0.5, 0.6) is 0 Å². The largest absolute Gasteiger partial charge is 0.466 e. The standard InChI is InChI=1S/C23H25N3O3/c1-17-14-21(18(2)29-17)23(28)26(16-20-6-4-3-5-7-20)13-10-22(27)25-15-19-8-11-24-12-9-19/h3-9,11-12,14H,10,13,15-16H2,1-2H3,(H,25,27). The summed E-state index contributed by atoms with van der Waals surface area (Å²) in [6.45, 7) is 4.79. The van der Waals surface area contributed by atoms with Crippen molar-refractivity contribution in [1.29, 1.82) is 0 Å². The minimum Gasteiger partial charge on any atom is -0.466 e. The lowest BCUT2D eigenvalue weighted by Gasteiger charge is -2.22. The average molecular weight is 391 g/mol. The molecule has 0 aliphatic rings. The van der Waals surface area contributed by atoms with Crippen LogP contribution in [0.3, 0.4) is 0 Å². The van der Waals surface area contributed by atoms with Crippen LogP contribution in [0.4, 0.5) is 0 Å². The van der Waals surface area contributed by atoms with Gasteiger partial charge in [-0.25, -0.2) is 0 Å². The van der Waals surface area contributed by atoms with Gasteiger partial charge >= 0.3 is 0 Å². The van der Waals surface area contributed by atoms with Gasteiger partial charge in [0.2, 0.25) is 5.91 Å². The summed E-state index contributed by atoms with van der Waals surface area (Å²) in [5.41, 5.74) is 2.53. The topological polar surface area (TPSA) is 75.4 Å². The molecule has 0 spiro atoms. The second kappa shape index (κ2) is 9.68. The van der Waals surface area contributed by atoms with Crippen LogP contribution in [0, 0.1) is 13.8 Å². The van der Waals surface area contributed by atoms with Gasteiger partial charge in [-0.3, -0.25) is 14.6 Å². The molecular formula is C23H25N3O3. The highest BCUT2D eigenvalue weighted by molar-refractivity contribution is 5.95. The first-order chi connectivity index (χ1) is 14.0. The molecule has 2 heterocycles. The lowest BCUT2D eigenvalue weighted by molar-refractivity contribution is -0.121. The van der Waals surface area contributed by atoms with Crippen LogP contribution < -0.4 is 5.32 Å². The molecule has 1 N–H and O–H groups in total. The summed E-state index contributed by atoms with van der Waals surface area (Å²) in [5.74, 6) is 1.05. The van der Waals surface area contributed by atoms with E-state index in [-0.39, 0.29) is 18.2 Å². The van der Waals surface area contributed by atoms with Crippen LogP contribution in [-0.4, -0.2) is 28.2 Å². The minimum atomic E-state index is -0.134. The van der Waals surface area contributed by atoms with Crippen LogP contribution in [0.2, 0.25) is 0 Å². The van der Waals surface area contributed by atoms with Crippen molar-refractivity contribution in [2.24, 2.45) is 0 Å². The number of carbonyl (C=O) groups is 2. The van der Waals surface area contributed by atoms with Crippen molar-refractivity contribution in [2.75, 3.05) is 6.54 Å². The molecule has 29 heavy (non-hydrogen) atoms. The Bertz CT molecular complexity index is 952. The Morgan fingerprint density at radius 1 is 1.03 bits per heavy atom. The molecule has 0 atom stereocenters. The highest BCUT2D eigenvalue weighted by atomic mass is 16.3. The van der Waals surface area contributed by atoms with E-state index in [2.05, 4.69) is 10.3 Å². The molecule has 2 amide bonds. The zero-order valence-electron chi connectivity index (χ0n) is 16.7. The molecule has 0 fully saturated rings. The number of aryl methyl sites for hydroxylation is 2. The zero-order valence-corrected chi connectivity index (χ0v) is 16.7. The molecule has 0 saturated heterocycles. The number of benzene rings is 1. The van der Waals surface area contributed by atoms with E-state index >= 15 is 0 Å². The third kappa shape index (κ3) is 5.78. The van der Waals surface area contributed by atoms with Gasteiger partial charge < -0.3 is 14.6 Å². The maximum absolute atomic E-state index is 13.1. The Morgan fingerprint density at radius 3 is 2.41 bits per heavy atom. The maximum Gasteiger partial charge on any atom is 0.257 e. The van der Waals surface area contributed by atoms with Gasteiger partial charge in [-0.05, 0) is 43.2 Å². The molecule has 0 bridgehead atoms.